The number of carbonyl (C=O) groups is 2. The summed E-state index contributed by atoms with van der Waals surface area (Å²) in [6, 6.07) is 4.39. The third-order valence-electron chi connectivity index (χ3n) is 8.14. The summed E-state index contributed by atoms with van der Waals surface area (Å²) in [7, 11) is 0. The highest BCUT2D eigenvalue weighted by Crippen LogP contribution is 2.41. The molecule has 5 aromatic heterocycles. The summed E-state index contributed by atoms with van der Waals surface area (Å²) in [6.07, 6.45) is 7.21. The molecule has 7 rings (SSSR count). The molecule has 2 unspecified atom stereocenters. The Kier molecular flexibility index (Phi) is 8.14. The van der Waals surface area contributed by atoms with Gasteiger partial charge in [0, 0.05) is 51.4 Å². The lowest BCUT2D eigenvalue weighted by molar-refractivity contribution is -0.133. The number of nitrogens with zero attached hydrogens (tertiary/aromatic N) is 6. The molecule has 44 heavy (non-hydrogen) atoms. The average Bonchev–Trinajstić information content (AvgIpc) is 3.80. The molecule has 1 aliphatic carbocycles. The molecular weight excluding hydrogens is 637 g/mol. The highest BCUT2D eigenvalue weighted by Gasteiger charge is 2.34. The fourth-order valence-corrected chi connectivity index (χ4v) is 9.54. The number of hydrogen-bond donors (Lipinski definition) is 2. The number of hydrogen-bond acceptors (Lipinski definition) is 11. The van der Waals surface area contributed by atoms with E-state index in [4.69, 9.17) is 22.7 Å². The van der Waals surface area contributed by atoms with Gasteiger partial charge in [0.25, 0.3) is 5.91 Å². The minimum Gasteiger partial charge on any atom is -0.379 e. The molecule has 2 amide bonds. The number of thiophene rings is 2. The number of thiazole rings is 1. The summed E-state index contributed by atoms with van der Waals surface area (Å²) in [5.41, 5.74) is 6.74. The Hall–Kier alpha value is -3.37. The molecule has 1 saturated carbocycles. The van der Waals surface area contributed by atoms with Crippen molar-refractivity contribution in [3.8, 4) is 10.6 Å². The van der Waals surface area contributed by atoms with Gasteiger partial charge in [-0.3, -0.25) is 9.59 Å². The van der Waals surface area contributed by atoms with Crippen molar-refractivity contribution in [3.63, 3.8) is 0 Å². The summed E-state index contributed by atoms with van der Waals surface area (Å²) in [5.74, 6) is 0.284. The molecule has 0 spiro atoms. The topological polar surface area (TPSA) is 141 Å². The van der Waals surface area contributed by atoms with E-state index in [0.717, 1.165) is 19.3 Å². The number of aromatic nitrogens is 5. The molecule has 2 aliphatic rings. The molecule has 0 radical (unpaired) electrons. The Morgan fingerprint density at radius 1 is 1.20 bits per heavy atom. The number of fused-ring (bicyclic) bond motifs is 2. The molecule has 3 N–H and O–H groups in total. The second-order valence-corrected chi connectivity index (χ2v) is 14.6. The summed E-state index contributed by atoms with van der Waals surface area (Å²) in [5, 5.41) is 10.7. The third kappa shape index (κ3) is 5.74. The lowest BCUT2D eigenvalue weighted by atomic mass is 10.1. The first-order valence-electron chi connectivity index (χ1n) is 14.4. The van der Waals surface area contributed by atoms with Crippen molar-refractivity contribution in [1.82, 2.24) is 34.9 Å². The van der Waals surface area contributed by atoms with Crippen LogP contribution in [0.15, 0.2) is 29.9 Å². The Balaban J connectivity index is 1.07. The zero-order valence-corrected chi connectivity index (χ0v) is 27.2. The number of carbonyl (C=O) groups excluding carboxylic acids is 2. The minimum atomic E-state index is -0.707. The van der Waals surface area contributed by atoms with Gasteiger partial charge in [0.15, 0.2) is 5.69 Å². The van der Waals surface area contributed by atoms with Crippen LogP contribution < -0.4 is 11.1 Å². The first kappa shape index (κ1) is 29.3. The van der Waals surface area contributed by atoms with Crippen molar-refractivity contribution >= 4 is 82.8 Å². The van der Waals surface area contributed by atoms with Crippen molar-refractivity contribution in [2.24, 2.45) is 5.73 Å². The van der Waals surface area contributed by atoms with Crippen LogP contribution in [0.3, 0.4) is 0 Å². The van der Waals surface area contributed by atoms with Crippen molar-refractivity contribution in [3.05, 3.63) is 46.3 Å². The summed E-state index contributed by atoms with van der Waals surface area (Å²) >= 11 is 10.9. The molecule has 5 aromatic rings. The fraction of sp³-hybridized carbons (Fsp3) is 0.414. The van der Waals surface area contributed by atoms with Crippen LogP contribution >= 0.6 is 46.2 Å². The molecule has 0 bridgehead atoms. The highest BCUT2D eigenvalue weighted by atomic mass is 32.1. The quantitative estimate of drug-likeness (QED) is 0.240. The van der Waals surface area contributed by atoms with Gasteiger partial charge in [0.2, 0.25) is 5.91 Å². The maximum absolute atomic E-state index is 13.9. The van der Waals surface area contributed by atoms with E-state index in [1.165, 1.54) is 30.3 Å². The number of primary amides is 1. The van der Waals surface area contributed by atoms with Crippen LogP contribution in [0, 0.1) is 6.92 Å². The van der Waals surface area contributed by atoms with Crippen molar-refractivity contribution in [2.75, 3.05) is 19.8 Å². The summed E-state index contributed by atoms with van der Waals surface area (Å²) in [6.45, 7) is 3.10. The molecule has 6 heterocycles. The third-order valence-corrected chi connectivity index (χ3v) is 11.9. The van der Waals surface area contributed by atoms with Gasteiger partial charge in [0.05, 0.1) is 6.61 Å². The SMILES string of the molecule is Cc1ncc(-c2nc3c(C(N)=O)nn(CC(=O)N4CCCOC[C@H]4C(=S)NC4CCC(c5cc6sccc6s5)C4)c3s2)cn1. The Morgan fingerprint density at radius 3 is 2.84 bits per heavy atom. The second kappa shape index (κ2) is 12.2. The van der Waals surface area contributed by atoms with Gasteiger partial charge in [-0.25, -0.2) is 19.6 Å². The molecule has 228 valence electrons. The predicted octanol–water partition coefficient (Wildman–Crippen LogP) is 4.50. The Morgan fingerprint density at radius 2 is 2.05 bits per heavy atom. The smallest absolute Gasteiger partial charge is 0.271 e. The lowest BCUT2D eigenvalue weighted by Gasteiger charge is -2.31. The number of ether oxygens (including phenoxy) is 1. The van der Waals surface area contributed by atoms with Crippen LogP contribution in [0.2, 0.25) is 0 Å². The molecule has 0 aromatic carbocycles. The number of thiocarbonyl (C=S) groups is 1. The van der Waals surface area contributed by atoms with Gasteiger partial charge >= 0.3 is 0 Å². The number of nitrogens with two attached hydrogens (primary N) is 1. The van der Waals surface area contributed by atoms with Gasteiger partial charge < -0.3 is 20.7 Å². The van der Waals surface area contributed by atoms with Gasteiger partial charge in [-0.15, -0.1) is 22.7 Å². The number of nitrogens with one attached hydrogen (secondary N) is 1. The predicted molar refractivity (Wildman–Crippen MR) is 176 cm³/mol. The van der Waals surface area contributed by atoms with E-state index in [-0.39, 0.29) is 24.2 Å². The zero-order valence-electron chi connectivity index (χ0n) is 23.9. The molecule has 2 fully saturated rings. The van der Waals surface area contributed by atoms with Crippen molar-refractivity contribution in [2.45, 2.75) is 57.2 Å². The molecule has 1 aliphatic heterocycles. The van der Waals surface area contributed by atoms with E-state index in [1.54, 1.807) is 35.6 Å². The monoisotopic (exact) mass is 666 g/mol. The van der Waals surface area contributed by atoms with Crippen LogP contribution in [0.4, 0.5) is 0 Å². The average molecular weight is 667 g/mol. The maximum atomic E-state index is 13.9. The molecule has 3 atom stereocenters. The molecule has 15 heteroatoms. The van der Waals surface area contributed by atoms with Gasteiger partial charge in [0.1, 0.15) is 38.8 Å². The highest BCUT2D eigenvalue weighted by molar-refractivity contribution is 7.80. The van der Waals surface area contributed by atoms with Crippen molar-refractivity contribution in [1.29, 1.82) is 0 Å². The van der Waals surface area contributed by atoms with E-state index in [1.807, 2.05) is 11.3 Å². The van der Waals surface area contributed by atoms with E-state index in [9.17, 15) is 9.59 Å². The van der Waals surface area contributed by atoms with Crippen LogP contribution in [0.1, 0.15) is 52.8 Å². The summed E-state index contributed by atoms with van der Waals surface area (Å²) < 4.78 is 10.1. The van der Waals surface area contributed by atoms with Gasteiger partial charge in [-0.05, 0) is 56.0 Å². The first-order chi connectivity index (χ1) is 21.3. The lowest BCUT2D eigenvalue weighted by Crippen LogP contribution is -2.53. The zero-order chi connectivity index (χ0) is 30.4. The first-order valence-corrected chi connectivity index (χ1v) is 17.4. The Labute approximate surface area is 270 Å². The van der Waals surface area contributed by atoms with Crippen molar-refractivity contribution < 1.29 is 14.3 Å². The van der Waals surface area contributed by atoms with Crippen LogP contribution in [0.25, 0.3) is 30.3 Å². The maximum Gasteiger partial charge on any atom is 0.271 e. The van der Waals surface area contributed by atoms with E-state index in [0.29, 0.717) is 63.8 Å². The van der Waals surface area contributed by atoms with Gasteiger partial charge in [-0.2, -0.15) is 5.10 Å². The number of aryl methyl sites for hydroxylation is 1. The van der Waals surface area contributed by atoms with E-state index >= 15 is 0 Å². The molecular formula is C29H30N8O3S4. The second-order valence-electron chi connectivity index (χ2n) is 11.1. The largest absolute Gasteiger partial charge is 0.379 e. The molecule has 1 saturated heterocycles. The van der Waals surface area contributed by atoms with E-state index < -0.39 is 11.9 Å². The minimum absolute atomic E-state index is 0.0256. The Bertz CT molecular complexity index is 1830. The normalized spacial score (nSPS) is 20.8. The van der Waals surface area contributed by atoms with Crippen LogP contribution in [-0.4, -0.2) is 78.3 Å². The standard InChI is InChI=1S/C29H30N8O3S4/c1-15-31-11-17(12-32-15)28-34-25-24(26(30)39)35-37(29(25)44-28)13-23(38)36-6-2-7-40-14-19(36)27(41)33-18-4-3-16(9-18)21-10-22-20(43-21)5-8-42-22/h5,8,10-12,16,18-19H,2-4,6-7,9,13-14H2,1H3,(H2,30,39)(H,33,41)/t16?,18?,19-/m0/s1. The number of amides is 2. The van der Waals surface area contributed by atoms with Gasteiger partial charge in [-0.1, -0.05) is 23.6 Å². The number of rotatable bonds is 7. The molecule has 11 nitrogen and oxygen atoms in total. The van der Waals surface area contributed by atoms with E-state index in [2.05, 4.69) is 42.9 Å². The summed E-state index contributed by atoms with van der Waals surface area (Å²) in [4.78, 5) is 43.7. The van der Waals surface area contributed by atoms with Crippen LogP contribution in [0.5, 0.6) is 0 Å². The fourth-order valence-electron chi connectivity index (χ4n) is 5.92. The van der Waals surface area contributed by atoms with Crippen LogP contribution in [-0.2, 0) is 16.1 Å².